The second-order valence-corrected chi connectivity index (χ2v) is 8.12. The standard InChI is InChI=1S/C23H36N4O4/c1-8-11-18(23(30)24-14(4)5)27(16(7)28)20-12-17-21(31-15(6)22(29)25-17)13-19(20)26(9-2)10-3/h12-15,18H,8-11H2,1-7H3,(H,24,30)(H,25,29). The van der Waals surface area contributed by atoms with Crippen LogP contribution in [0.5, 0.6) is 5.75 Å². The topological polar surface area (TPSA) is 91.0 Å². The van der Waals surface area contributed by atoms with Crippen molar-refractivity contribution in [2.24, 2.45) is 0 Å². The number of hydrogen-bond acceptors (Lipinski definition) is 5. The summed E-state index contributed by atoms with van der Waals surface area (Å²) in [5, 5.41) is 5.80. The van der Waals surface area contributed by atoms with E-state index in [1.165, 1.54) is 6.92 Å². The fraction of sp³-hybridized carbons (Fsp3) is 0.609. The van der Waals surface area contributed by atoms with Crippen LogP contribution in [0.2, 0.25) is 0 Å². The number of benzene rings is 1. The Labute approximate surface area is 185 Å². The van der Waals surface area contributed by atoms with Gasteiger partial charge in [-0.2, -0.15) is 0 Å². The minimum atomic E-state index is -0.656. The van der Waals surface area contributed by atoms with Gasteiger partial charge in [0.05, 0.1) is 17.1 Å². The van der Waals surface area contributed by atoms with Crippen LogP contribution in [-0.4, -0.2) is 49.0 Å². The van der Waals surface area contributed by atoms with E-state index >= 15 is 0 Å². The summed E-state index contributed by atoms with van der Waals surface area (Å²) in [5.74, 6) is -0.114. The highest BCUT2D eigenvalue weighted by molar-refractivity contribution is 6.05. The van der Waals surface area contributed by atoms with Crippen molar-refractivity contribution in [2.45, 2.75) is 79.5 Å². The van der Waals surface area contributed by atoms with E-state index in [2.05, 4.69) is 15.5 Å². The second kappa shape index (κ2) is 10.5. The van der Waals surface area contributed by atoms with Crippen LogP contribution in [0, 0.1) is 0 Å². The molecule has 0 aliphatic carbocycles. The van der Waals surface area contributed by atoms with Crippen molar-refractivity contribution in [3.63, 3.8) is 0 Å². The van der Waals surface area contributed by atoms with Crippen LogP contribution in [-0.2, 0) is 14.4 Å². The van der Waals surface area contributed by atoms with Crippen LogP contribution >= 0.6 is 0 Å². The second-order valence-electron chi connectivity index (χ2n) is 8.12. The molecule has 0 saturated carbocycles. The Morgan fingerprint density at radius 1 is 1.16 bits per heavy atom. The molecule has 0 fully saturated rings. The summed E-state index contributed by atoms with van der Waals surface area (Å²) in [5.41, 5.74) is 1.88. The SMILES string of the molecule is CCCC(C(=O)NC(C)C)N(C(C)=O)c1cc2c(cc1N(CC)CC)OC(C)C(=O)N2. The molecule has 1 aromatic rings. The molecule has 2 atom stereocenters. The zero-order chi connectivity index (χ0) is 23.3. The molecule has 2 N–H and O–H groups in total. The summed E-state index contributed by atoms with van der Waals surface area (Å²) in [6, 6.07) is 2.91. The zero-order valence-corrected chi connectivity index (χ0v) is 19.7. The predicted molar refractivity (Wildman–Crippen MR) is 124 cm³/mol. The molecule has 2 unspecified atom stereocenters. The summed E-state index contributed by atoms with van der Waals surface area (Å²) in [6.45, 7) is 14.4. The van der Waals surface area contributed by atoms with Crippen LogP contribution in [0.15, 0.2) is 12.1 Å². The van der Waals surface area contributed by atoms with E-state index in [-0.39, 0.29) is 23.8 Å². The molecule has 1 aliphatic rings. The number of rotatable bonds is 9. The molecule has 8 heteroatoms. The molecule has 0 bridgehead atoms. The lowest BCUT2D eigenvalue weighted by molar-refractivity contribution is -0.126. The molecular formula is C23H36N4O4. The van der Waals surface area contributed by atoms with E-state index in [0.717, 1.165) is 12.1 Å². The van der Waals surface area contributed by atoms with Gasteiger partial charge < -0.3 is 20.3 Å². The third kappa shape index (κ3) is 5.48. The normalized spacial score (nSPS) is 16.1. The summed E-state index contributed by atoms with van der Waals surface area (Å²) >= 11 is 0. The van der Waals surface area contributed by atoms with Crippen LogP contribution in [0.4, 0.5) is 17.1 Å². The van der Waals surface area contributed by atoms with E-state index < -0.39 is 12.1 Å². The van der Waals surface area contributed by atoms with Crippen LogP contribution < -0.4 is 25.2 Å². The molecule has 0 saturated heterocycles. The Balaban J connectivity index is 2.68. The lowest BCUT2D eigenvalue weighted by atomic mass is 10.0. The number of carbonyl (C=O) groups excluding carboxylic acids is 3. The largest absolute Gasteiger partial charge is 0.479 e. The zero-order valence-electron chi connectivity index (χ0n) is 19.7. The number of nitrogens with zero attached hydrogens (tertiary/aromatic N) is 2. The van der Waals surface area contributed by atoms with Crippen molar-refractivity contribution >= 4 is 34.8 Å². The minimum Gasteiger partial charge on any atom is -0.479 e. The molecule has 1 aliphatic heterocycles. The maximum atomic E-state index is 13.1. The van der Waals surface area contributed by atoms with Gasteiger partial charge in [-0.15, -0.1) is 0 Å². The molecule has 3 amide bonds. The maximum Gasteiger partial charge on any atom is 0.265 e. The molecule has 31 heavy (non-hydrogen) atoms. The van der Waals surface area contributed by atoms with Gasteiger partial charge in [0.1, 0.15) is 11.8 Å². The number of amides is 3. The van der Waals surface area contributed by atoms with Crippen molar-refractivity contribution in [1.29, 1.82) is 0 Å². The molecule has 1 aromatic carbocycles. The molecule has 172 valence electrons. The summed E-state index contributed by atoms with van der Waals surface area (Å²) in [7, 11) is 0. The van der Waals surface area contributed by atoms with Crippen molar-refractivity contribution < 1.29 is 19.1 Å². The average molecular weight is 433 g/mol. The van der Waals surface area contributed by atoms with Gasteiger partial charge in [-0.05, 0) is 47.1 Å². The van der Waals surface area contributed by atoms with Gasteiger partial charge in [0.2, 0.25) is 11.8 Å². The van der Waals surface area contributed by atoms with Gasteiger partial charge in [0.25, 0.3) is 5.91 Å². The monoisotopic (exact) mass is 432 g/mol. The molecule has 2 rings (SSSR count). The Bertz CT molecular complexity index is 820. The van der Waals surface area contributed by atoms with Gasteiger partial charge in [-0.3, -0.25) is 19.3 Å². The number of fused-ring (bicyclic) bond motifs is 1. The van der Waals surface area contributed by atoms with Crippen LogP contribution in [0.3, 0.4) is 0 Å². The van der Waals surface area contributed by atoms with E-state index in [9.17, 15) is 14.4 Å². The number of carbonyl (C=O) groups is 3. The molecule has 0 radical (unpaired) electrons. The summed E-state index contributed by atoms with van der Waals surface area (Å²) in [6.07, 6.45) is 0.659. The van der Waals surface area contributed by atoms with Gasteiger partial charge in [0, 0.05) is 32.1 Å². The predicted octanol–water partition coefficient (Wildman–Crippen LogP) is 3.30. The van der Waals surface area contributed by atoms with E-state index in [0.29, 0.717) is 36.6 Å². The summed E-state index contributed by atoms with van der Waals surface area (Å²) in [4.78, 5) is 41.8. The van der Waals surface area contributed by atoms with Gasteiger partial charge in [0.15, 0.2) is 6.10 Å². The Morgan fingerprint density at radius 2 is 1.81 bits per heavy atom. The average Bonchev–Trinajstić information content (AvgIpc) is 2.69. The van der Waals surface area contributed by atoms with E-state index in [1.807, 2.05) is 40.7 Å². The first-order valence-corrected chi connectivity index (χ1v) is 11.1. The third-order valence-corrected chi connectivity index (χ3v) is 5.32. The number of hydrogen-bond donors (Lipinski definition) is 2. The minimum absolute atomic E-state index is 0.0411. The smallest absolute Gasteiger partial charge is 0.265 e. The molecule has 0 spiro atoms. The Kier molecular flexibility index (Phi) is 8.30. The van der Waals surface area contributed by atoms with E-state index in [1.54, 1.807) is 17.9 Å². The highest BCUT2D eigenvalue weighted by Gasteiger charge is 2.33. The van der Waals surface area contributed by atoms with Crippen LogP contribution in [0.25, 0.3) is 0 Å². The first-order valence-electron chi connectivity index (χ1n) is 11.1. The van der Waals surface area contributed by atoms with Gasteiger partial charge >= 0.3 is 0 Å². The highest BCUT2D eigenvalue weighted by atomic mass is 16.5. The highest BCUT2D eigenvalue weighted by Crippen LogP contribution is 2.42. The first-order chi connectivity index (χ1) is 14.6. The van der Waals surface area contributed by atoms with Crippen molar-refractivity contribution in [3.05, 3.63) is 12.1 Å². The summed E-state index contributed by atoms with van der Waals surface area (Å²) < 4.78 is 5.81. The van der Waals surface area contributed by atoms with Crippen molar-refractivity contribution in [1.82, 2.24) is 5.32 Å². The lowest BCUT2D eigenvalue weighted by Crippen LogP contribution is -2.51. The number of ether oxygens (including phenoxy) is 1. The van der Waals surface area contributed by atoms with E-state index in [4.69, 9.17) is 4.74 Å². The fourth-order valence-electron chi connectivity index (χ4n) is 3.83. The fourth-order valence-corrected chi connectivity index (χ4v) is 3.83. The lowest BCUT2D eigenvalue weighted by Gasteiger charge is -2.36. The number of anilines is 3. The first kappa shape index (κ1) is 24.5. The molecule has 0 aromatic heterocycles. The molecule has 8 nitrogen and oxygen atoms in total. The van der Waals surface area contributed by atoms with Gasteiger partial charge in [-0.1, -0.05) is 13.3 Å². The van der Waals surface area contributed by atoms with Crippen molar-refractivity contribution in [2.75, 3.05) is 28.2 Å². The Hall–Kier alpha value is -2.77. The van der Waals surface area contributed by atoms with Gasteiger partial charge in [-0.25, -0.2) is 0 Å². The Morgan fingerprint density at radius 3 is 2.32 bits per heavy atom. The maximum absolute atomic E-state index is 13.1. The van der Waals surface area contributed by atoms with Crippen LogP contribution in [0.1, 0.15) is 61.3 Å². The quantitative estimate of drug-likeness (QED) is 0.625. The number of nitrogens with one attached hydrogen (secondary N) is 2. The molecule has 1 heterocycles. The van der Waals surface area contributed by atoms with Crippen molar-refractivity contribution in [3.8, 4) is 5.75 Å². The molecular weight excluding hydrogens is 396 g/mol. The third-order valence-electron chi connectivity index (χ3n) is 5.32.